The molecule has 0 amide bonds. The van der Waals surface area contributed by atoms with Crippen LogP contribution in [0.1, 0.15) is 12.5 Å². The second-order valence-electron chi connectivity index (χ2n) is 2.64. The van der Waals surface area contributed by atoms with Gasteiger partial charge in [0.05, 0.1) is 6.61 Å². The summed E-state index contributed by atoms with van der Waals surface area (Å²) in [7, 11) is 0. The van der Waals surface area contributed by atoms with Crippen molar-refractivity contribution in [2.24, 2.45) is 0 Å². The summed E-state index contributed by atoms with van der Waals surface area (Å²) < 4.78 is 5.03. The summed E-state index contributed by atoms with van der Waals surface area (Å²) >= 11 is 0. The lowest BCUT2D eigenvalue weighted by Crippen LogP contribution is -2.02. The lowest BCUT2D eigenvalue weighted by atomic mass is 10.2. The zero-order valence-electron chi connectivity index (χ0n) is 7.21. The Labute approximate surface area is 72.7 Å². The summed E-state index contributed by atoms with van der Waals surface area (Å²) in [6.45, 7) is 2.24. The lowest BCUT2D eigenvalue weighted by molar-refractivity contribution is 0.304. The molecule has 1 N–H and O–H groups in total. The molecule has 0 fully saturated rings. The molecular weight excluding hydrogens is 150 g/mol. The second-order valence-corrected chi connectivity index (χ2v) is 2.64. The predicted octanol–water partition coefficient (Wildman–Crippen LogP) is 2.24. The maximum Gasteiger partial charge on any atom is 0.177 e. The zero-order chi connectivity index (χ0) is 8.81. The van der Waals surface area contributed by atoms with E-state index in [1.807, 2.05) is 18.2 Å². The van der Waals surface area contributed by atoms with Crippen molar-refractivity contribution in [2.75, 3.05) is 6.61 Å². The van der Waals surface area contributed by atoms with Crippen molar-refractivity contribution >= 4 is 5.90 Å². The van der Waals surface area contributed by atoms with Gasteiger partial charge in [-0.2, -0.15) is 0 Å². The van der Waals surface area contributed by atoms with Gasteiger partial charge in [-0.1, -0.05) is 30.3 Å². The number of benzene rings is 1. The van der Waals surface area contributed by atoms with Crippen LogP contribution in [0.25, 0.3) is 0 Å². The fourth-order valence-electron chi connectivity index (χ4n) is 0.967. The topological polar surface area (TPSA) is 33.1 Å². The van der Waals surface area contributed by atoms with Crippen LogP contribution in [0.3, 0.4) is 0 Å². The third kappa shape index (κ3) is 3.19. The minimum atomic E-state index is 0.283. The SMILES string of the molecule is CC(=N)OCCc1ccccc1. The van der Waals surface area contributed by atoms with Crippen LogP contribution in [0, 0.1) is 5.41 Å². The molecule has 1 rings (SSSR count). The monoisotopic (exact) mass is 163 g/mol. The normalized spacial score (nSPS) is 9.42. The molecule has 0 aromatic heterocycles. The Morgan fingerprint density at radius 1 is 1.33 bits per heavy atom. The molecule has 64 valence electrons. The average Bonchev–Trinajstić information content (AvgIpc) is 2.05. The Hall–Kier alpha value is -1.31. The number of ether oxygens (including phenoxy) is 1. The van der Waals surface area contributed by atoms with Crippen LogP contribution in [-0.2, 0) is 11.2 Å². The van der Waals surface area contributed by atoms with E-state index in [0.29, 0.717) is 6.61 Å². The second kappa shape index (κ2) is 4.54. The molecule has 2 nitrogen and oxygen atoms in total. The molecule has 0 heterocycles. The van der Waals surface area contributed by atoms with Gasteiger partial charge in [-0.05, 0) is 5.56 Å². The minimum Gasteiger partial charge on any atom is -0.481 e. The summed E-state index contributed by atoms with van der Waals surface area (Å²) in [6, 6.07) is 10.1. The summed E-state index contributed by atoms with van der Waals surface area (Å²) in [4.78, 5) is 0. The van der Waals surface area contributed by atoms with Crippen molar-refractivity contribution in [3.8, 4) is 0 Å². The molecule has 12 heavy (non-hydrogen) atoms. The van der Waals surface area contributed by atoms with Gasteiger partial charge in [-0.25, -0.2) is 0 Å². The van der Waals surface area contributed by atoms with E-state index in [0.717, 1.165) is 6.42 Å². The number of rotatable bonds is 3. The molecule has 0 spiro atoms. The molecule has 0 saturated heterocycles. The van der Waals surface area contributed by atoms with Crippen LogP contribution in [0.5, 0.6) is 0 Å². The van der Waals surface area contributed by atoms with Crippen molar-refractivity contribution in [3.63, 3.8) is 0 Å². The van der Waals surface area contributed by atoms with Crippen molar-refractivity contribution in [2.45, 2.75) is 13.3 Å². The van der Waals surface area contributed by atoms with E-state index < -0.39 is 0 Å². The molecule has 0 aliphatic carbocycles. The fraction of sp³-hybridized carbons (Fsp3) is 0.300. The standard InChI is InChI=1S/C10H13NO/c1-9(11)12-8-7-10-5-3-2-4-6-10/h2-6,11H,7-8H2,1H3. The average molecular weight is 163 g/mol. The van der Waals surface area contributed by atoms with E-state index in [-0.39, 0.29) is 5.90 Å². The molecule has 0 aliphatic heterocycles. The highest BCUT2D eigenvalue weighted by Crippen LogP contribution is 1.99. The van der Waals surface area contributed by atoms with Crippen LogP contribution in [0.15, 0.2) is 30.3 Å². The molecule has 0 atom stereocenters. The summed E-state index contributed by atoms with van der Waals surface area (Å²) in [5.74, 6) is 0.283. The van der Waals surface area contributed by atoms with Gasteiger partial charge in [0.25, 0.3) is 0 Å². The molecule has 0 saturated carbocycles. The van der Waals surface area contributed by atoms with Gasteiger partial charge in [0.15, 0.2) is 5.90 Å². The van der Waals surface area contributed by atoms with E-state index in [2.05, 4.69) is 12.1 Å². The Kier molecular flexibility index (Phi) is 3.33. The first kappa shape index (κ1) is 8.78. The van der Waals surface area contributed by atoms with Gasteiger partial charge >= 0.3 is 0 Å². The lowest BCUT2D eigenvalue weighted by Gasteiger charge is -2.02. The number of nitrogens with one attached hydrogen (secondary N) is 1. The van der Waals surface area contributed by atoms with E-state index in [1.54, 1.807) is 6.92 Å². The first-order chi connectivity index (χ1) is 5.79. The zero-order valence-corrected chi connectivity index (χ0v) is 7.21. The number of hydrogen-bond donors (Lipinski definition) is 1. The van der Waals surface area contributed by atoms with Crippen LogP contribution in [0.2, 0.25) is 0 Å². The van der Waals surface area contributed by atoms with Crippen molar-refractivity contribution in [1.82, 2.24) is 0 Å². The summed E-state index contributed by atoms with van der Waals surface area (Å²) in [5, 5.41) is 7.04. The van der Waals surface area contributed by atoms with Gasteiger partial charge in [-0.3, -0.25) is 5.41 Å². The van der Waals surface area contributed by atoms with Gasteiger partial charge in [-0.15, -0.1) is 0 Å². The van der Waals surface area contributed by atoms with E-state index in [1.165, 1.54) is 5.56 Å². The van der Waals surface area contributed by atoms with Crippen LogP contribution in [-0.4, -0.2) is 12.5 Å². The van der Waals surface area contributed by atoms with Crippen LogP contribution >= 0.6 is 0 Å². The molecular formula is C10H13NO. The molecule has 2 heteroatoms. The Bertz CT molecular complexity index is 243. The Balaban J connectivity index is 2.29. The largest absolute Gasteiger partial charge is 0.481 e. The Morgan fingerprint density at radius 2 is 2.00 bits per heavy atom. The highest BCUT2D eigenvalue weighted by molar-refractivity contribution is 5.69. The van der Waals surface area contributed by atoms with Gasteiger partial charge in [0, 0.05) is 13.3 Å². The van der Waals surface area contributed by atoms with E-state index in [9.17, 15) is 0 Å². The van der Waals surface area contributed by atoms with Crippen LogP contribution < -0.4 is 0 Å². The first-order valence-electron chi connectivity index (χ1n) is 4.01. The summed E-state index contributed by atoms with van der Waals surface area (Å²) in [6.07, 6.45) is 0.872. The van der Waals surface area contributed by atoms with Crippen molar-refractivity contribution in [3.05, 3.63) is 35.9 Å². The fourth-order valence-corrected chi connectivity index (χ4v) is 0.967. The third-order valence-corrected chi connectivity index (χ3v) is 1.55. The molecule has 0 unspecified atom stereocenters. The maximum absolute atomic E-state index is 7.04. The van der Waals surface area contributed by atoms with E-state index in [4.69, 9.17) is 10.1 Å². The van der Waals surface area contributed by atoms with Crippen molar-refractivity contribution < 1.29 is 4.74 Å². The Morgan fingerprint density at radius 3 is 2.58 bits per heavy atom. The highest BCUT2D eigenvalue weighted by atomic mass is 16.5. The molecule has 0 radical (unpaired) electrons. The van der Waals surface area contributed by atoms with Gasteiger partial charge in [0.2, 0.25) is 0 Å². The van der Waals surface area contributed by atoms with Gasteiger partial charge in [0.1, 0.15) is 0 Å². The first-order valence-corrected chi connectivity index (χ1v) is 4.01. The molecule has 1 aromatic carbocycles. The smallest absolute Gasteiger partial charge is 0.177 e. The third-order valence-electron chi connectivity index (χ3n) is 1.55. The van der Waals surface area contributed by atoms with Gasteiger partial charge < -0.3 is 4.74 Å². The van der Waals surface area contributed by atoms with E-state index >= 15 is 0 Å². The minimum absolute atomic E-state index is 0.283. The predicted molar refractivity (Wildman–Crippen MR) is 49.5 cm³/mol. The van der Waals surface area contributed by atoms with Crippen molar-refractivity contribution in [1.29, 1.82) is 5.41 Å². The molecule has 1 aromatic rings. The quantitative estimate of drug-likeness (QED) is 0.538. The summed E-state index contributed by atoms with van der Waals surface area (Å²) in [5.41, 5.74) is 1.25. The highest BCUT2D eigenvalue weighted by Gasteiger charge is 1.91. The molecule has 0 aliphatic rings. The number of hydrogen-bond acceptors (Lipinski definition) is 2. The maximum atomic E-state index is 7.04. The van der Waals surface area contributed by atoms with Crippen LogP contribution in [0.4, 0.5) is 0 Å². The molecule has 0 bridgehead atoms.